The highest BCUT2D eigenvalue weighted by atomic mass is 19.4. The molecule has 1 rings (SSSR count). The van der Waals surface area contributed by atoms with Crippen molar-refractivity contribution >= 4 is 12.4 Å². The molecule has 0 atom stereocenters. The normalized spacial score (nSPS) is 12.6. The summed E-state index contributed by atoms with van der Waals surface area (Å²) >= 11 is 0. The number of halogens is 6. The Morgan fingerprint density at radius 2 is 1.50 bits per heavy atom. The first-order valence-electron chi connectivity index (χ1n) is 3.91. The van der Waals surface area contributed by atoms with Crippen molar-refractivity contribution in [3.8, 4) is 0 Å². The van der Waals surface area contributed by atoms with E-state index >= 15 is 0 Å². The van der Waals surface area contributed by atoms with Crippen molar-refractivity contribution in [2.45, 2.75) is 12.4 Å². The number of benzene rings is 1. The van der Waals surface area contributed by atoms with Crippen molar-refractivity contribution in [2.24, 2.45) is 4.99 Å². The van der Waals surface area contributed by atoms with Crippen molar-refractivity contribution in [2.75, 3.05) is 0 Å². The molecule has 0 fully saturated rings. The zero-order valence-electron chi connectivity index (χ0n) is 7.65. The molecule has 1 nitrogen and oxygen atoms in total. The summed E-state index contributed by atoms with van der Waals surface area (Å²) in [5.74, 6) is 0. The molecule has 1 aromatic rings. The van der Waals surface area contributed by atoms with Gasteiger partial charge in [-0.05, 0) is 24.9 Å². The van der Waals surface area contributed by atoms with Crippen LogP contribution in [0.3, 0.4) is 0 Å². The largest absolute Gasteiger partial charge is 0.418 e. The van der Waals surface area contributed by atoms with E-state index in [0.717, 1.165) is 0 Å². The molecule has 0 heterocycles. The Balaban J connectivity index is 3.34. The second-order valence-electron chi connectivity index (χ2n) is 2.89. The minimum absolute atomic E-state index is 0.315. The highest BCUT2D eigenvalue weighted by molar-refractivity contribution is 5.54. The van der Waals surface area contributed by atoms with Gasteiger partial charge in [-0.3, -0.25) is 4.99 Å². The Bertz CT molecular complexity index is 403. The van der Waals surface area contributed by atoms with Crippen molar-refractivity contribution in [3.05, 3.63) is 29.3 Å². The van der Waals surface area contributed by atoms with Gasteiger partial charge in [-0.1, -0.05) is 0 Å². The van der Waals surface area contributed by atoms with Gasteiger partial charge in [0.05, 0.1) is 16.8 Å². The highest BCUT2D eigenvalue weighted by Crippen LogP contribution is 2.39. The van der Waals surface area contributed by atoms with E-state index in [4.69, 9.17) is 0 Å². The summed E-state index contributed by atoms with van der Waals surface area (Å²) < 4.78 is 73.5. The third-order valence-electron chi connectivity index (χ3n) is 1.80. The predicted molar refractivity (Wildman–Crippen MR) is 45.7 cm³/mol. The van der Waals surface area contributed by atoms with Crippen LogP contribution in [-0.4, -0.2) is 6.72 Å². The molecule has 0 aliphatic heterocycles. The molecule has 0 radical (unpaired) electrons. The summed E-state index contributed by atoms with van der Waals surface area (Å²) in [4.78, 5) is 2.94. The molecule has 0 bridgehead atoms. The molecule has 0 spiro atoms. The maximum absolute atomic E-state index is 12.3. The summed E-state index contributed by atoms with van der Waals surface area (Å²) in [5, 5.41) is 0. The first-order valence-corrected chi connectivity index (χ1v) is 3.91. The van der Waals surface area contributed by atoms with Gasteiger partial charge in [0.1, 0.15) is 0 Å². The Morgan fingerprint density at radius 1 is 0.938 bits per heavy atom. The molecule has 0 aliphatic carbocycles. The fraction of sp³-hybridized carbons (Fsp3) is 0.222. The van der Waals surface area contributed by atoms with E-state index in [1.807, 2.05) is 0 Å². The van der Waals surface area contributed by atoms with Crippen LogP contribution >= 0.6 is 0 Å². The van der Waals surface area contributed by atoms with Crippen molar-refractivity contribution < 1.29 is 26.3 Å². The SMILES string of the molecule is C=Nc1cc(C(F)(F)F)ccc1C(F)(F)F. The lowest BCUT2D eigenvalue weighted by Crippen LogP contribution is -2.09. The monoisotopic (exact) mass is 241 g/mol. The molecule has 0 saturated heterocycles. The average molecular weight is 241 g/mol. The molecule has 0 amide bonds. The number of hydrogen-bond donors (Lipinski definition) is 0. The molecule has 7 heteroatoms. The standard InChI is InChI=1S/C9H5F6N/c1-16-7-4-5(8(10,11)12)2-3-6(7)9(13,14)15/h2-4H,1H2. The molecular weight excluding hydrogens is 236 g/mol. The number of rotatable bonds is 1. The molecule has 0 aliphatic rings. The van der Waals surface area contributed by atoms with Gasteiger partial charge in [-0.25, -0.2) is 0 Å². The van der Waals surface area contributed by atoms with Crippen LogP contribution in [0.15, 0.2) is 23.2 Å². The van der Waals surface area contributed by atoms with Crippen LogP contribution in [0.1, 0.15) is 11.1 Å². The van der Waals surface area contributed by atoms with E-state index < -0.39 is 29.2 Å². The van der Waals surface area contributed by atoms with Crippen molar-refractivity contribution in [1.29, 1.82) is 0 Å². The summed E-state index contributed by atoms with van der Waals surface area (Å²) in [6, 6.07) is 1.01. The zero-order valence-corrected chi connectivity index (χ0v) is 7.65. The number of alkyl halides is 6. The Kier molecular flexibility index (Phi) is 2.98. The summed E-state index contributed by atoms with van der Waals surface area (Å²) in [5.41, 5.74) is -3.26. The predicted octanol–water partition coefficient (Wildman–Crippen LogP) is 4.06. The first kappa shape index (κ1) is 12.5. The third kappa shape index (κ3) is 2.53. The van der Waals surface area contributed by atoms with Gasteiger partial charge in [0.2, 0.25) is 0 Å². The molecule has 0 saturated carbocycles. The van der Waals surface area contributed by atoms with Gasteiger partial charge >= 0.3 is 12.4 Å². The summed E-state index contributed by atoms with van der Waals surface area (Å²) in [6.07, 6.45) is -9.45. The van der Waals surface area contributed by atoms with Crippen LogP contribution in [0, 0.1) is 0 Å². The maximum Gasteiger partial charge on any atom is 0.418 e. The first-order chi connectivity index (χ1) is 7.16. The van der Waals surface area contributed by atoms with Crippen LogP contribution in [0.25, 0.3) is 0 Å². The van der Waals surface area contributed by atoms with E-state index in [1.54, 1.807) is 0 Å². The Morgan fingerprint density at radius 3 is 1.88 bits per heavy atom. The Labute approximate surface area is 86.4 Å². The third-order valence-corrected chi connectivity index (χ3v) is 1.80. The van der Waals surface area contributed by atoms with Crippen molar-refractivity contribution in [1.82, 2.24) is 0 Å². The molecule has 0 N–H and O–H groups in total. The average Bonchev–Trinajstić information content (AvgIpc) is 2.14. The van der Waals surface area contributed by atoms with Gasteiger partial charge in [0.25, 0.3) is 0 Å². The lowest BCUT2D eigenvalue weighted by Gasteiger charge is -2.12. The highest BCUT2D eigenvalue weighted by Gasteiger charge is 2.36. The topological polar surface area (TPSA) is 12.4 Å². The zero-order chi connectivity index (χ0) is 12.6. The van der Waals surface area contributed by atoms with Crippen molar-refractivity contribution in [3.63, 3.8) is 0 Å². The second kappa shape index (κ2) is 3.80. The minimum atomic E-state index is -4.75. The fourth-order valence-electron chi connectivity index (χ4n) is 1.08. The maximum atomic E-state index is 12.3. The van der Waals surface area contributed by atoms with Crippen LogP contribution in [0.4, 0.5) is 32.0 Å². The molecule has 1 aromatic carbocycles. The number of nitrogens with zero attached hydrogens (tertiary/aromatic N) is 1. The fourth-order valence-corrected chi connectivity index (χ4v) is 1.08. The van der Waals surface area contributed by atoms with E-state index in [2.05, 4.69) is 11.7 Å². The lowest BCUT2D eigenvalue weighted by atomic mass is 10.1. The quantitative estimate of drug-likeness (QED) is 0.519. The van der Waals surface area contributed by atoms with E-state index in [9.17, 15) is 26.3 Å². The summed E-state index contributed by atoms with van der Waals surface area (Å²) in [7, 11) is 0. The van der Waals surface area contributed by atoms with E-state index in [0.29, 0.717) is 18.2 Å². The molecule has 0 unspecified atom stereocenters. The van der Waals surface area contributed by atoms with E-state index in [1.165, 1.54) is 0 Å². The van der Waals surface area contributed by atoms with Gasteiger partial charge in [0.15, 0.2) is 0 Å². The summed E-state index contributed by atoms with van der Waals surface area (Å²) in [6.45, 7) is 2.81. The second-order valence-corrected chi connectivity index (χ2v) is 2.89. The molecule has 16 heavy (non-hydrogen) atoms. The van der Waals surface area contributed by atoms with Gasteiger partial charge < -0.3 is 0 Å². The van der Waals surface area contributed by atoms with E-state index in [-0.39, 0.29) is 0 Å². The number of hydrogen-bond acceptors (Lipinski definition) is 1. The van der Waals surface area contributed by atoms with Crippen LogP contribution < -0.4 is 0 Å². The Hall–Kier alpha value is -1.53. The van der Waals surface area contributed by atoms with Crippen LogP contribution in [-0.2, 0) is 12.4 Å². The molecular formula is C9H5F6N. The molecule has 88 valence electrons. The molecule has 0 aromatic heterocycles. The smallest absolute Gasteiger partial charge is 0.264 e. The van der Waals surface area contributed by atoms with Gasteiger partial charge in [-0.2, -0.15) is 26.3 Å². The lowest BCUT2D eigenvalue weighted by molar-refractivity contribution is -0.140. The van der Waals surface area contributed by atoms with Gasteiger partial charge in [-0.15, -0.1) is 0 Å². The number of aliphatic imine (C=N–C) groups is 1. The van der Waals surface area contributed by atoms with Crippen LogP contribution in [0.2, 0.25) is 0 Å². The van der Waals surface area contributed by atoms with Gasteiger partial charge in [0, 0.05) is 0 Å². The minimum Gasteiger partial charge on any atom is -0.264 e. The van der Waals surface area contributed by atoms with Crippen LogP contribution in [0.5, 0.6) is 0 Å².